The summed E-state index contributed by atoms with van der Waals surface area (Å²) >= 11 is 1.73. The van der Waals surface area contributed by atoms with Crippen LogP contribution in [-0.2, 0) is 6.42 Å². The van der Waals surface area contributed by atoms with Gasteiger partial charge in [0.1, 0.15) is 0 Å². The topological polar surface area (TPSA) is 66.7 Å². The van der Waals surface area contributed by atoms with Crippen molar-refractivity contribution in [1.82, 2.24) is 9.97 Å². The van der Waals surface area contributed by atoms with Crippen molar-refractivity contribution in [2.24, 2.45) is 0 Å². The van der Waals surface area contributed by atoms with Crippen LogP contribution in [0.4, 0.5) is 11.6 Å². The van der Waals surface area contributed by atoms with Gasteiger partial charge in [0.2, 0.25) is 5.95 Å². The van der Waals surface area contributed by atoms with E-state index in [0.29, 0.717) is 6.04 Å². The molecule has 2 aromatic heterocycles. The van der Waals surface area contributed by atoms with Crippen LogP contribution in [-0.4, -0.2) is 16.0 Å². The van der Waals surface area contributed by atoms with Crippen LogP contribution in [0.3, 0.4) is 0 Å². The Morgan fingerprint density at radius 3 is 3.11 bits per heavy atom. The maximum atomic E-state index is 5.76. The minimum atomic E-state index is 0.326. The summed E-state index contributed by atoms with van der Waals surface area (Å²) in [5, 5.41) is 7.67. The molecule has 4 nitrogen and oxygen atoms in total. The van der Waals surface area contributed by atoms with Crippen LogP contribution in [0.1, 0.15) is 12.5 Å². The maximum absolute atomic E-state index is 5.76. The molecule has 0 aliphatic carbocycles. The smallest absolute Gasteiger partial charge is 0.201 e. The highest BCUT2D eigenvalue weighted by atomic mass is 32.1. The fraction of sp³-hybridized carbons (Fsp3) is 0.214. The number of nitrogens with one attached hydrogen (secondary N) is 2. The number of hydrogen-bond acceptors (Lipinski definition) is 4. The van der Waals surface area contributed by atoms with E-state index >= 15 is 0 Å². The molecule has 1 aromatic carbocycles. The van der Waals surface area contributed by atoms with Crippen molar-refractivity contribution < 1.29 is 0 Å². The summed E-state index contributed by atoms with van der Waals surface area (Å²) in [6.45, 7) is 2.15. The first-order chi connectivity index (χ1) is 9.20. The molecule has 1 atom stereocenters. The van der Waals surface area contributed by atoms with E-state index in [9.17, 15) is 0 Å². The lowest BCUT2D eigenvalue weighted by Gasteiger charge is -2.11. The summed E-state index contributed by atoms with van der Waals surface area (Å²) in [4.78, 5) is 7.75. The maximum Gasteiger partial charge on any atom is 0.201 e. The van der Waals surface area contributed by atoms with Gasteiger partial charge in [0.15, 0.2) is 0 Å². The van der Waals surface area contributed by atoms with Gasteiger partial charge in [-0.25, -0.2) is 4.98 Å². The molecule has 2 heterocycles. The van der Waals surface area contributed by atoms with Gasteiger partial charge in [-0.3, -0.25) is 0 Å². The van der Waals surface area contributed by atoms with Crippen molar-refractivity contribution in [1.29, 1.82) is 0 Å². The molecule has 0 aliphatic heterocycles. The lowest BCUT2D eigenvalue weighted by molar-refractivity contribution is 0.783. The number of aromatic amines is 1. The first-order valence-electron chi connectivity index (χ1n) is 6.23. The number of rotatable bonds is 4. The average Bonchev–Trinajstić information content (AvgIpc) is 2.97. The van der Waals surface area contributed by atoms with E-state index in [0.717, 1.165) is 29.1 Å². The van der Waals surface area contributed by atoms with Gasteiger partial charge in [-0.15, -0.1) is 0 Å². The predicted octanol–water partition coefficient (Wildman–Crippen LogP) is 3.25. The van der Waals surface area contributed by atoms with Crippen molar-refractivity contribution in [3.63, 3.8) is 0 Å². The van der Waals surface area contributed by atoms with Gasteiger partial charge in [-0.1, -0.05) is 0 Å². The van der Waals surface area contributed by atoms with Gasteiger partial charge in [-0.05, 0) is 53.9 Å². The number of fused-ring (bicyclic) bond motifs is 1. The Kier molecular flexibility index (Phi) is 3.13. The largest absolute Gasteiger partial charge is 0.399 e. The molecule has 3 aromatic rings. The zero-order valence-corrected chi connectivity index (χ0v) is 11.5. The number of benzene rings is 1. The molecule has 0 amide bonds. The monoisotopic (exact) mass is 272 g/mol. The standard InChI is InChI=1S/C14H16N4S/c1-9(6-10-4-5-19-8-10)16-14-17-12-3-2-11(15)7-13(12)18-14/h2-5,7-9H,6,15H2,1H3,(H2,16,17,18). The van der Waals surface area contributed by atoms with Crippen LogP contribution in [0.2, 0.25) is 0 Å². The Bertz CT molecular complexity index is 672. The zero-order chi connectivity index (χ0) is 13.2. The summed E-state index contributed by atoms with van der Waals surface area (Å²) in [7, 11) is 0. The average molecular weight is 272 g/mol. The second kappa shape index (κ2) is 4.93. The highest BCUT2D eigenvalue weighted by Crippen LogP contribution is 2.18. The molecule has 4 N–H and O–H groups in total. The third kappa shape index (κ3) is 2.71. The molecule has 0 spiro atoms. The van der Waals surface area contributed by atoms with Gasteiger partial charge in [0, 0.05) is 11.7 Å². The molecule has 0 saturated heterocycles. The Labute approximate surface area is 115 Å². The number of hydrogen-bond donors (Lipinski definition) is 3. The van der Waals surface area contributed by atoms with Crippen molar-refractivity contribution in [3.8, 4) is 0 Å². The minimum Gasteiger partial charge on any atom is -0.399 e. The fourth-order valence-corrected chi connectivity index (χ4v) is 2.82. The SMILES string of the molecule is CC(Cc1ccsc1)Nc1nc2ccc(N)cc2[nH]1. The molecule has 0 radical (unpaired) electrons. The lowest BCUT2D eigenvalue weighted by Crippen LogP contribution is -2.18. The van der Waals surface area contributed by atoms with Gasteiger partial charge >= 0.3 is 0 Å². The molecule has 5 heteroatoms. The molecule has 19 heavy (non-hydrogen) atoms. The third-order valence-electron chi connectivity index (χ3n) is 3.01. The molecular weight excluding hydrogens is 256 g/mol. The highest BCUT2D eigenvalue weighted by Gasteiger charge is 2.07. The van der Waals surface area contributed by atoms with Gasteiger partial charge < -0.3 is 16.0 Å². The molecule has 98 valence electrons. The van der Waals surface area contributed by atoms with E-state index < -0.39 is 0 Å². The van der Waals surface area contributed by atoms with Crippen molar-refractivity contribution >= 4 is 34.0 Å². The Morgan fingerprint density at radius 2 is 2.32 bits per heavy atom. The number of H-pyrrole nitrogens is 1. The van der Waals surface area contributed by atoms with Gasteiger partial charge in [0.25, 0.3) is 0 Å². The van der Waals surface area contributed by atoms with E-state index in [2.05, 4.69) is 39.0 Å². The van der Waals surface area contributed by atoms with Crippen LogP contribution < -0.4 is 11.1 Å². The van der Waals surface area contributed by atoms with E-state index in [1.807, 2.05) is 18.2 Å². The quantitative estimate of drug-likeness (QED) is 0.639. The summed E-state index contributed by atoms with van der Waals surface area (Å²) in [6.07, 6.45) is 0.989. The summed E-state index contributed by atoms with van der Waals surface area (Å²) in [6, 6.07) is 8.17. The predicted molar refractivity (Wildman–Crippen MR) is 81.6 cm³/mol. The molecule has 0 bridgehead atoms. The van der Waals surface area contributed by atoms with Crippen LogP contribution in [0.5, 0.6) is 0 Å². The fourth-order valence-electron chi connectivity index (χ4n) is 2.14. The molecule has 3 rings (SSSR count). The number of thiophene rings is 1. The molecule has 0 saturated carbocycles. The minimum absolute atomic E-state index is 0.326. The number of anilines is 2. The Morgan fingerprint density at radius 1 is 1.42 bits per heavy atom. The zero-order valence-electron chi connectivity index (χ0n) is 10.7. The highest BCUT2D eigenvalue weighted by molar-refractivity contribution is 7.07. The molecule has 0 aliphatic rings. The van der Waals surface area contributed by atoms with Crippen LogP contribution in [0.25, 0.3) is 11.0 Å². The molecule has 1 unspecified atom stereocenters. The normalized spacial score (nSPS) is 12.7. The Hall–Kier alpha value is -2.01. The summed E-state index contributed by atoms with van der Waals surface area (Å²) in [5.41, 5.74) is 9.75. The van der Waals surface area contributed by atoms with E-state index in [1.165, 1.54) is 5.56 Å². The number of nitrogens with two attached hydrogens (primary N) is 1. The number of imidazole rings is 1. The van der Waals surface area contributed by atoms with Gasteiger partial charge in [-0.2, -0.15) is 11.3 Å². The van der Waals surface area contributed by atoms with Crippen molar-refractivity contribution in [3.05, 3.63) is 40.6 Å². The first-order valence-corrected chi connectivity index (χ1v) is 7.18. The van der Waals surface area contributed by atoms with Crippen molar-refractivity contribution in [2.75, 3.05) is 11.1 Å². The number of nitrogens with zero attached hydrogens (tertiary/aromatic N) is 1. The lowest BCUT2D eigenvalue weighted by atomic mass is 10.1. The third-order valence-corrected chi connectivity index (χ3v) is 3.74. The van der Waals surface area contributed by atoms with E-state index in [1.54, 1.807) is 11.3 Å². The second-order valence-corrected chi connectivity index (χ2v) is 5.52. The first kappa shape index (κ1) is 12.0. The Balaban J connectivity index is 1.74. The van der Waals surface area contributed by atoms with Crippen LogP contribution >= 0.6 is 11.3 Å². The van der Waals surface area contributed by atoms with E-state index in [-0.39, 0.29) is 0 Å². The summed E-state index contributed by atoms with van der Waals surface area (Å²) in [5.74, 6) is 0.795. The summed E-state index contributed by atoms with van der Waals surface area (Å²) < 4.78 is 0. The molecular formula is C14H16N4S. The number of aromatic nitrogens is 2. The van der Waals surface area contributed by atoms with Crippen molar-refractivity contribution in [2.45, 2.75) is 19.4 Å². The van der Waals surface area contributed by atoms with E-state index in [4.69, 9.17) is 5.73 Å². The van der Waals surface area contributed by atoms with Gasteiger partial charge in [0.05, 0.1) is 11.0 Å². The second-order valence-electron chi connectivity index (χ2n) is 4.74. The van der Waals surface area contributed by atoms with Crippen LogP contribution in [0, 0.1) is 0 Å². The van der Waals surface area contributed by atoms with Crippen LogP contribution in [0.15, 0.2) is 35.0 Å². The molecule has 0 fully saturated rings. The number of nitrogen functional groups attached to an aromatic ring is 1.